The molecule has 1 N–H and O–H groups in total. The fraction of sp³-hybridized carbons (Fsp3) is 0.750. The highest BCUT2D eigenvalue weighted by atomic mass is 16.1. The maximum Gasteiger partial charge on any atom is 0.249 e. The number of carbonyl (C=O) groups is 1. The normalized spacial score (nSPS) is 25.0. The van der Waals surface area contributed by atoms with Crippen LogP contribution in [0, 0.1) is 5.41 Å². The zero-order valence-corrected chi connectivity index (χ0v) is 7.22. The number of amides is 1. The highest BCUT2D eigenvalue weighted by molar-refractivity contribution is 5.87. The standard InChI is InChI=1S/C8H14N2O/c1-8(2,3)6-4-7(11)10-5-9-6/h5-6H,4H2,1-3H3,(H,9,10,11). The van der Waals surface area contributed by atoms with Crippen LogP contribution in [0.3, 0.4) is 0 Å². The van der Waals surface area contributed by atoms with Crippen molar-refractivity contribution in [1.29, 1.82) is 0 Å². The minimum absolute atomic E-state index is 0.0244. The topological polar surface area (TPSA) is 41.5 Å². The van der Waals surface area contributed by atoms with Gasteiger partial charge in [0, 0.05) is 12.5 Å². The van der Waals surface area contributed by atoms with Gasteiger partial charge in [0.05, 0.1) is 6.34 Å². The Kier molecular flexibility index (Phi) is 1.98. The van der Waals surface area contributed by atoms with E-state index in [0.29, 0.717) is 6.42 Å². The molecule has 1 aliphatic heterocycles. The van der Waals surface area contributed by atoms with Crippen molar-refractivity contribution < 1.29 is 4.79 Å². The fourth-order valence-corrected chi connectivity index (χ4v) is 1.04. The molecule has 62 valence electrons. The number of nitrogens with zero attached hydrogens (tertiary/aromatic N) is 1. The van der Waals surface area contributed by atoms with E-state index in [4.69, 9.17) is 0 Å². The van der Waals surface area contributed by atoms with Gasteiger partial charge < -0.3 is 5.32 Å². The molecule has 0 aromatic rings. The quantitative estimate of drug-likeness (QED) is 0.564. The van der Waals surface area contributed by atoms with Crippen molar-refractivity contribution in [3.63, 3.8) is 0 Å². The molecule has 0 aromatic carbocycles. The maximum atomic E-state index is 10.9. The SMILES string of the molecule is CC(C)(C)C1CC(=O)N=CN1. The molecule has 0 saturated heterocycles. The Hall–Kier alpha value is -0.860. The van der Waals surface area contributed by atoms with Crippen LogP contribution in [0.1, 0.15) is 27.2 Å². The number of hydrogen-bond acceptors (Lipinski definition) is 2. The van der Waals surface area contributed by atoms with E-state index in [1.165, 1.54) is 6.34 Å². The number of nitrogens with one attached hydrogen (secondary N) is 1. The Morgan fingerprint density at radius 1 is 1.64 bits per heavy atom. The molecule has 0 spiro atoms. The summed E-state index contributed by atoms with van der Waals surface area (Å²) < 4.78 is 0. The van der Waals surface area contributed by atoms with Crippen LogP contribution >= 0.6 is 0 Å². The third-order valence-electron chi connectivity index (χ3n) is 1.91. The number of aliphatic imine (C=N–C) groups is 1. The predicted octanol–water partition coefficient (Wildman–Crippen LogP) is 0.949. The molecule has 0 bridgehead atoms. The first kappa shape index (κ1) is 8.24. The summed E-state index contributed by atoms with van der Waals surface area (Å²) in [6.07, 6.45) is 2.02. The van der Waals surface area contributed by atoms with Crippen molar-refractivity contribution >= 4 is 12.2 Å². The molecule has 1 rings (SSSR count). The molecular weight excluding hydrogens is 140 g/mol. The van der Waals surface area contributed by atoms with E-state index >= 15 is 0 Å². The zero-order chi connectivity index (χ0) is 8.48. The average molecular weight is 154 g/mol. The summed E-state index contributed by atoms with van der Waals surface area (Å²) in [6, 6.07) is 0.229. The van der Waals surface area contributed by atoms with Crippen LogP contribution in [0.4, 0.5) is 0 Å². The lowest BCUT2D eigenvalue weighted by Crippen LogP contribution is -2.43. The van der Waals surface area contributed by atoms with Crippen LogP contribution in [-0.4, -0.2) is 18.3 Å². The summed E-state index contributed by atoms with van der Waals surface area (Å²) in [7, 11) is 0. The van der Waals surface area contributed by atoms with Gasteiger partial charge in [-0.3, -0.25) is 4.79 Å². The predicted molar refractivity (Wildman–Crippen MR) is 44.5 cm³/mol. The van der Waals surface area contributed by atoms with Crippen LogP contribution in [-0.2, 0) is 4.79 Å². The van der Waals surface area contributed by atoms with Crippen molar-refractivity contribution in [2.45, 2.75) is 33.2 Å². The van der Waals surface area contributed by atoms with Gasteiger partial charge >= 0.3 is 0 Å². The smallest absolute Gasteiger partial charge is 0.249 e. The van der Waals surface area contributed by atoms with Crippen molar-refractivity contribution in [2.75, 3.05) is 0 Å². The second-order valence-electron chi connectivity index (χ2n) is 3.94. The summed E-state index contributed by atoms with van der Waals surface area (Å²) in [5.41, 5.74) is 0.127. The molecular formula is C8H14N2O. The minimum Gasteiger partial charge on any atom is -0.372 e. The molecule has 1 amide bonds. The molecule has 3 nitrogen and oxygen atoms in total. The molecule has 1 atom stereocenters. The molecule has 0 aliphatic carbocycles. The van der Waals surface area contributed by atoms with E-state index in [0.717, 1.165) is 0 Å². The van der Waals surface area contributed by atoms with E-state index in [2.05, 4.69) is 31.1 Å². The van der Waals surface area contributed by atoms with Gasteiger partial charge in [-0.1, -0.05) is 20.8 Å². The van der Waals surface area contributed by atoms with Gasteiger partial charge in [0.25, 0.3) is 0 Å². The number of hydrogen-bond donors (Lipinski definition) is 1. The van der Waals surface area contributed by atoms with Gasteiger partial charge in [0.2, 0.25) is 5.91 Å². The molecule has 0 aromatic heterocycles. The van der Waals surface area contributed by atoms with Crippen LogP contribution < -0.4 is 5.32 Å². The van der Waals surface area contributed by atoms with Crippen LogP contribution in [0.5, 0.6) is 0 Å². The summed E-state index contributed by atoms with van der Waals surface area (Å²) >= 11 is 0. The summed E-state index contributed by atoms with van der Waals surface area (Å²) in [5.74, 6) is -0.0244. The molecule has 0 radical (unpaired) electrons. The third kappa shape index (κ3) is 2.03. The lowest BCUT2D eigenvalue weighted by molar-refractivity contribution is -0.119. The molecule has 1 unspecified atom stereocenters. The third-order valence-corrected chi connectivity index (χ3v) is 1.91. The van der Waals surface area contributed by atoms with E-state index in [9.17, 15) is 4.79 Å². The first-order valence-electron chi connectivity index (χ1n) is 3.81. The van der Waals surface area contributed by atoms with Gasteiger partial charge in [-0.25, -0.2) is 4.99 Å². The molecule has 1 aliphatic rings. The van der Waals surface area contributed by atoms with Crippen LogP contribution in [0.2, 0.25) is 0 Å². The van der Waals surface area contributed by atoms with E-state index < -0.39 is 0 Å². The zero-order valence-electron chi connectivity index (χ0n) is 7.22. The first-order chi connectivity index (χ1) is 5.00. The summed E-state index contributed by atoms with van der Waals surface area (Å²) in [6.45, 7) is 6.32. The minimum atomic E-state index is -0.0244. The van der Waals surface area contributed by atoms with Gasteiger partial charge in [-0.05, 0) is 5.41 Å². The highest BCUT2D eigenvalue weighted by Crippen LogP contribution is 2.22. The largest absolute Gasteiger partial charge is 0.372 e. The molecule has 11 heavy (non-hydrogen) atoms. The molecule has 0 saturated carbocycles. The van der Waals surface area contributed by atoms with Crippen molar-refractivity contribution in [3.8, 4) is 0 Å². The second kappa shape index (κ2) is 2.64. The van der Waals surface area contributed by atoms with Crippen LogP contribution in [0.25, 0.3) is 0 Å². The highest BCUT2D eigenvalue weighted by Gasteiger charge is 2.27. The summed E-state index contributed by atoms with van der Waals surface area (Å²) in [4.78, 5) is 14.5. The van der Waals surface area contributed by atoms with Gasteiger partial charge in [-0.15, -0.1) is 0 Å². The first-order valence-corrected chi connectivity index (χ1v) is 3.81. The monoisotopic (exact) mass is 154 g/mol. The molecule has 1 heterocycles. The average Bonchev–Trinajstić information content (AvgIpc) is 1.86. The maximum absolute atomic E-state index is 10.9. The Bertz CT molecular complexity index is 191. The number of rotatable bonds is 0. The van der Waals surface area contributed by atoms with Crippen molar-refractivity contribution in [3.05, 3.63) is 0 Å². The Morgan fingerprint density at radius 2 is 2.27 bits per heavy atom. The van der Waals surface area contributed by atoms with E-state index in [-0.39, 0.29) is 17.4 Å². The van der Waals surface area contributed by atoms with Gasteiger partial charge in [0.15, 0.2) is 0 Å². The van der Waals surface area contributed by atoms with E-state index in [1.54, 1.807) is 0 Å². The lowest BCUT2D eigenvalue weighted by atomic mass is 9.84. The summed E-state index contributed by atoms with van der Waals surface area (Å²) in [5, 5.41) is 3.08. The lowest BCUT2D eigenvalue weighted by Gasteiger charge is -2.31. The van der Waals surface area contributed by atoms with Crippen molar-refractivity contribution in [2.24, 2.45) is 10.4 Å². The fourth-order valence-electron chi connectivity index (χ4n) is 1.04. The Labute approximate surface area is 66.9 Å². The Balaban J connectivity index is 2.64. The van der Waals surface area contributed by atoms with Gasteiger partial charge in [0.1, 0.15) is 0 Å². The van der Waals surface area contributed by atoms with E-state index in [1.807, 2.05) is 0 Å². The number of carbonyl (C=O) groups excluding carboxylic acids is 1. The molecule has 0 fully saturated rings. The Morgan fingerprint density at radius 3 is 2.64 bits per heavy atom. The van der Waals surface area contributed by atoms with Crippen molar-refractivity contribution in [1.82, 2.24) is 5.32 Å². The van der Waals surface area contributed by atoms with Crippen LogP contribution in [0.15, 0.2) is 4.99 Å². The second-order valence-corrected chi connectivity index (χ2v) is 3.94. The molecule has 3 heteroatoms. The van der Waals surface area contributed by atoms with Gasteiger partial charge in [-0.2, -0.15) is 0 Å².